The molecule has 0 radical (unpaired) electrons. The van der Waals surface area contributed by atoms with Crippen molar-refractivity contribution in [2.24, 2.45) is 10.8 Å². The number of aliphatic hydroxyl groups is 2. The molecule has 2 aliphatic rings. The molecule has 0 amide bonds. The SMILES string of the molecule is COc1cc(C)c(OC)c(C/C=C(\C)CC2=C(CC(C)(C)O)[C@H](O)[C@]3(C)CCC[C@]3(C)C2)c1. The summed E-state index contributed by atoms with van der Waals surface area (Å²) < 4.78 is 11.1. The zero-order valence-electron chi connectivity index (χ0n) is 22.0. The average molecular weight is 457 g/mol. The van der Waals surface area contributed by atoms with Crippen LogP contribution >= 0.6 is 0 Å². The maximum Gasteiger partial charge on any atom is 0.125 e. The van der Waals surface area contributed by atoms with Crippen LogP contribution in [0.25, 0.3) is 0 Å². The number of methoxy groups -OCH3 is 2. The van der Waals surface area contributed by atoms with E-state index < -0.39 is 11.7 Å². The van der Waals surface area contributed by atoms with Crippen LogP contribution in [-0.4, -0.2) is 36.1 Å². The van der Waals surface area contributed by atoms with E-state index in [1.807, 2.05) is 32.9 Å². The van der Waals surface area contributed by atoms with Gasteiger partial charge < -0.3 is 19.7 Å². The summed E-state index contributed by atoms with van der Waals surface area (Å²) in [5.74, 6) is 1.75. The van der Waals surface area contributed by atoms with Gasteiger partial charge in [-0.15, -0.1) is 0 Å². The molecule has 4 heteroatoms. The number of aryl methyl sites for hydroxylation is 1. The summed E-state index contributed by atoms with van der Waals surface area (Å²) in [6.45, 7) is 12.5. The highest BCUT2D eigenvalue weighted by molar-refractivity contribution is 5.47. The molecule has 0 saturated heterocycles. The van der Waals surface area contributed by atoms with Gasteiger partial charge in [-0.25, -0.2) is 0 Å². The minimum absolute atomic E-state index is 0.109. The molecular formula is C29H44O4. The van der Waals surface area contributed by atoms with E-state index >= 15 is 0 Å². The van der Waals surface area contributed by atoms with E-state index in [9.17, 15) is 10.2 Å². The smallest absolute Gasteiger partial charge is 0.125 e. The van der Waals surface area contributed by atoms with Crippen LogP contribution in [0.2, 0.25) is 0 Å². The highest BCUT2D eigenvalue weighted by Crippen LogP contribution is 2.62. The normalized spacial score (nSPS) is 28.2. The third-order valence-corrected chi connectivity index (χ3v) is 8.35. The van der Waals surface area contributed by atoms with E-state index in [0.29, 0.717) is 6.42 Å². The molecule has 33 heavy (non-hydrogen) atoms. The summed E-state index contributed by atoms with van der Waals surface area (Å²) in [5, 5.41) is 22.2. The quantitative estimate of drug-likeness (QED) is 0.450. The number of ether oxygens (including phenoxy) is 2. The lowest BCUT2D eigenvalue weighted by Crippen LogP contribution is -2.48. The van der Waals surface area contributed by atoms with Gasteiger partial charge >= 0.3 is 0 Å². The van der Waals surface area contributed by atoms with Crippen LogP contribution in [0.5, 0.6) is 11.5 Å². The number of aliphatic hydroxyl groups excluding tert-OH is 1. The topological polar surface area (TPSA) is 58.9 Å². The molecular weight excluding hydrogens is 412 g/mol. The van der Waals surface area contributed by atoms with Gasteiger partial charge in [0.2, 0.25) is 0 Å². The van der Waals surface area contributed by atoms with E-state index in [1.54, 1.807) is 14.2 Å². The minimum atomic E-state index is -0.840. The Kier molecular flexibility index (Phi) is 7.41. The molecule has 0 bridgehead atoms. The minimum Gasteiger partial charge on any atom is -0.497 e. The van der Waals surface area contributed by atoms with E-state index in [2.05, 4.69) is 26.8 Å². The Morgan fingerprint density at radius 1 is 1.18 bits per heavy atom. The predicted octanol–water partition coefficient (Wildman–Crippen LogP) is 6.31. The molecule has 1 saturated carbocycles. The Bertz CT molecular complexity index is 936. The second-order valence-corrected chi connectivity index (χ2v) is 11.6. The lowest BCUT2D eigenvalue weighted by Gasteiger charge is -2.51. The second kappa shape index (κ2) is 9.46. The number of benzene rings is 1. The van der Waals surface area contributed by atoms with Crippen molar-refractivity contribution in [2.45, 2.75) is 98.2 Å². The van der Waals surface area contributed by atoms with Crippen molar-refractivity contribution in [3.05, 3.63) is 46.1 Å². The fourth-order valence-corrected chi connectivity index (χ4v) is 6.28. The molecule has 0 spiro atoms. The van der Waals surface area contributed by atoms with Gasteiger partial charge in [0, 0.05) is 11.0 Å². The molecule has 1 fully saturated rings. The Morgan fingerprint density at radius 3 is 2.48 bits per heavy atom. The lowest BCUT2D eigenvalue weighted by molar-refractivity contribution is -0.0373. The van der Waals surface area contributed by atoms with Gasteiger partial charge in [0.25, 0.3) is 0 Å². The molecule has 4 nitrogen and oxygen atoms in total. The summed E-state index contributed by atoms with van der Waals surface area (Å²) in [6, 6.07) is 4.04. The molecule has 0 unspecified atom stereocenters. The van der Waals surface area contributed by atoms with Crippen LogP contribution in [0.15, 0.2) is 34.9 Å². The molecule has 0 aliphatic heterocycles. The monoisotopic (exact) mass is 456 g/mol. The summed E-state index contributed by atoms with van der Waals surface area (Å²) in [4.78, 5) is 0. The summed E-state index contributed by atoms with van der Waals surface area (Å²) in [7, 11) is 3.40. The van der Waals surface area contributed by atoms with E-state index in [-0.39, 0.29) is 10.8 Å². The first kappa shape index (κ1) is 25.8. The Balaban J connectivity index is 1.91. The third kappa shape index (κ3) is 5.17. The average Bonchev–Trinajstić information content (AvgIpc) is 3.03. The van der Waals surface area contributed by atoms with Crippen LogP contribution in [0.4, 0.5) is 0 Å². The van der Waals surface area contributed by atoms with Crippen LogP contribution in [0, 0.1) is 17.8 Å². The summed E-state index contributed by atoms with van der Waals surface area (Å²) in [6.07, 6.45) is 8.26. The Labute approximate surface area is 200 Å². The molecule has 3 rings (SSSR count). The van der Waals surface area contributed by atoms with Crippen LogP contribution in [0.1, 0.15) is 84.3 Å². The third-order valence-electron chi connectivity index (χ3n) is 8.35. The number of allylic oxidation sites excluding steroid dienone is 3. The van der Waals surface area contributed by atoms with Gasteiger partial charge in [-0.1, -0.05) is 37.5 Å². The van der Waals surface area contributed by atoms with Crippen LogP contribution in [0.3, 0.4) is 0 Å². The van der Waals surface area contributed by atoms with Crippen molar-refractivity contribution < 1.29 is 19.7 Å². The largest absolute Gasteiger partial charge is 0.497 e. The maximum atomic E-state index is 11.6. The van der Waals surface area contributed by atoms with Gasteiger partial charge in [-0.05, 0) is 94.9 Å². The molecule has 2 aliphatic carbocycles. The Morgan fingerprint density at radius 2 is 1.88 bits per heavy atom. The zero-order chi connectivity index (χ0) is 24.6. The molecule has 3 atom stereocenters. The molecule has 2 N–H and O–H groups in total. The van der Waals surface area contributed by atoms with Crippen molar-refractivity contribution in [1.82, 2.24) is 0 Å². The Hall–Kier alpha value is -1.78. The first-order valence-electron chi connectivity index (χ1n) is 12.3. The molecule has 1 aromatic carbocycles. The van der Waals surface area contributed by atoms with Gasteiger partial charge in [0.15, 0.2) is 0 Å². The standard InChI is InChI=1S/C29H44O4/c1-19(10-11-21-16-23(32-7)15-20(2)25(21)33-8)14-22-17-28(5)12-9-13-29(28,6)26(30)24(22)18-27(3,4)31/h10,15-16,26,30-31H,9,11-14,17-18H2,1-8H3/b19-10+/t26-,28+,29-/m0/s1. The van der Waals surface area contributed by atoms with Crippen molar-refractivity contribution in [2.75, 3.05) is 14.2 Å². The predicted molar refractivity (Wildman–Crippen MR) is 135 cm³/mol. The van der Waals surface area contributed by atoms with E-state index in [0.717, 1.165) is 66.7 Å². The fraction of sp³-hybridized carbons (Fsp3) is 0.655. The van der Waals surface area contributed by atoms with Gasteiger partial charge in [-0.2, -0.15) is 0 Å². The van der Waals surface area contributed by atoms with Crippen molar-refractivity contribution in [3.8, 4) is 11.5 Å². The molecule has 184 valence electrons. The lowest BCUT2D eigenvalue weighted by atomic mass is 9.55. The molecule has 1 aromatic rings. The zero-order valence-corrected chi connectivity index (χ0v) is 22.0. The number of fused-ring (bicyclic) bond motifs is 1. The van der Waals surface area contributed by atoms with Crippen molar-refractivity contribution >= 4 is 0 Å². The highest BCUT2D eigenvalue weighted by Gasteiger charge is 2.56. The number of hydrogen-bond acceptors (Lipinski definition) is 4. The van der Waals surface area contributed by atoms with Crippen molar-refractivity contribution in [1.29, 1.82) is 0 Å². The first-order chi connectivity index (χ1) is 15.3. The highest BCUT2D eigenvalue weighted by atomic mass is 16.5. The van der Waals surface area contributed by atoms with E-state index in [4.69, 9.17) is 9.47 Å². The number of rotatable bonds is 8. The van der Waals surface area contributed by atoms with Crippen LogP contribution in [-0.2, 0) is 6.42 Å². The summed E-state index contributed by atoms with van der Waals surface area (Å²) in [5.41, 5.74) is 4.99. The summed E-state index contributed by atoms with van der Waals surface area (Å²) >= 11 is 0. The first-order valence-corrected chi connectivity index (χ1v) is 12.3. The van der Waals surface area contributed by atoms with Crippen LogP contribution < -0.4 is 9.47 Å². The molecule has 0 heterocycles. The van der Waals surface area contributed by atoms with Gasteiger partial charge in [-0.3, -0.25) is 0 Å². The van der Waals surface area contributed by atoms with E-state index in [1.165, 1.54) is 11.1 Å². The second-order valence-electron chi connectivity index (χ2n) is 11.6. The molecule has 0 aromatic heterocycles. The van der Waals surface area contributed by atoms with Gasteiger partial charge in [0.05, 0.1) is 25.9 Å². The number of hydrogen-bond donors (Lipinski definition) is 2. The maximum absolute atomic E-state index is 11.6. The van der Waals surface area contributed by atoms with Gasteiger partial charge in [0.1, 0.15) is 11.5 Å². The fourth-order valence-electron chi connectivity index (χ4n) is 6.28. The van der Waals surface area contributed by atoms with Crippen molar-refractivity contribution in [3.63, 3.8) is 0 Å².